The highest BCUT2D eigenvalue weighted by Gasteiger charge is 2.13. The molecule has 2 N–H and O–H groups in total. The van der Waals surface area contributed by atoms with Crippen molar-refractivity contribution in [3.63, 3.8) is 0 Å². The van der Waals surface area contributed by atoms with Gasteiger partial charge in [0.25, 0.3) is 0 Å². The molecule has 20 heavy (non-hydrogen) atoms. The van der Waals surface area contributed by atoms with Crippen LogP contribution in [-0.2, 0) is 4.74 Å². The largest absolute Gasteiger partial charge is 0.497 e. The normalized spacial score (nSPS) is 18.9. The molecule has 2 heterocycles. The fourth-order valence-electron chi connectivity index (χ4n) is 2.39. The number of methoxy groups -OCH3 is 1. The van der Waals surface area contributed by atoms with Crippen molar-refractivity contribution in [3.05, 3.63) is 30.5 Å². The molecule has 5 heteroatoms. The summed E-state index contributed by atoms with van der Waals surface area (Å²) in [4.78, 5) is 4.43. The standard InChI is InChI=1S/C15H19N3O2/c1-19-13-2-3-14-11(8-13)4-5-17-15(14)18-9-12-10-20-7-6-16-12/h2-5,8,12,16H,6-7,9-10H2,1H3,(H,17,18). The van der Waals surface area contributed by atoms with E-state index < -0.39 is 0 Å². The maximum absolute atomic E-state index is 5.45. The van der Waals surface area contributed by atoms with Crippen LogP contribution in [0.2, 0.25) is 0 Å². The molecule has 0 radical (unpaired) electrons. The molecule has 2 aromatic rings. The SMILES string of the molecule is COc1ccc2c(NCC3COCCN3)nccc2c1. The first-order valence-electron chi connectivity index (χ1n) is 6.84. The second-order valence-electron chi connectivity index (χ2n) is 4.85. The predicted molar refractivity (Wildman–Crippen MR) is 79.4 cm³/mol. The maximum atomic E-state index is 5.45. The molecule has 1 aliphatic rings. The Balaban J connectivity index is 1.76. The zero-order valence-corrected chi connectivity index (χ0v) is 11.6. The summed E-state index contributed by atoms with van der Waals surface area (Å²) in [6, 6.07) is 8.33. The molecule has 0 saturated carbocycles. The Morgan fingerprint density at radius 1 is 1.45 bits per heavy atom. The number of hydrogen-bond acceptors (Lipinski definition) is 5. The number of ether oxygens (including phenoxy) is 2. The molecule has 5 nitrogen and oxygen atoms in total. The molecule has 106 valence electrons. The summed E-state index contributed by atoms with van der Waals surface area (Å²) in [6.45, 7) is 3.25. The van der Waals surface area contributed by atoms with Crippen molar-refractivity contribution in [1.82, 2.24) is 10.3 Å². The highest BCUT2D eigenvalue weighted by molar-refractivity contribution is 5.92. The molecular formula is C15H19N3O2. The average Bonchev–Trinajstić information content (AvgIpc) is 2.53. The number of rotatable bonds is 4. The van der Waals surface area contributed by atoms with Crippen molar-refractivity contribution in [2.75, 3.05) is 38.7 Å². The van der Waals surface area contributed by atoms with Crippen LogP contribution in [0.5, 0.6) is 5.75 Å². The van der Waals surface area contributed by atoms with Crippen LogP contribution in [0.25, 0.3) is 10.8 Å². The number of hydrogen-bond donors (Lipinski definition) is 2. The van der Waals surface area contributed by atoms with Crippen molar-refractivity contribution in [2.24, 2.45) is 0 Å². The van der Waals surface area contributed by atoms with E-state index in [9.17, 15) is 0 Å². The Bertz CT molecular complexity index is 582. The van der Waals surface area contributed by atoms with Crippen LogP contribution in [-0.4, -0.2) is 44.4 Å². The number of nitrogens with zero attached hydrogens (tertiary/aromatic N) is 1. The molecule has 1 aromatic carbocycles. The number of morpholine rings is 1. The van der Waals surface area contributed by atoms with E-state index in [1.165, 1.54) is 0 Å². The lowest BCUT2D eigenvalue weighted by Gasteiger charge is -2.24. The molecular weight excluding hydrogens is 254 g/mol. The number of anilines is 1. The molecule has 3 rings (SSSR count). The van der Waals surface area contributed by atoms with Crippen molar-refractivity contribution < 1.29 is 9.47 Å². The third-order valence-electron chi connectivity index (χ3n) is 3.49. The first kappa shape index (κ1) is 13.1. The zero-order chi connectivity index (χ0) is 13.8. The van der Waals surface area contributed by atoms with Crippen molar-refractivity contribution in [3.8, 4) is 5.75 Å². The summed E-state index contributed by atoms with van der Waals surface area (Å²) in [5.74, 6) is 1.76. The highest BCUT2D eigenvalue weighted by atomic mass is 16.5. The van der Waals surface area contributed by atoms with Crippen LogP contribution in [0, 0.1) is 0 Å². The number of aromatic nitrogens is 1. The van der Waals surface area contributed by atoms with Gasteiger partial charge < -0.3 is 20.1 Å². The molecule has 1 unspecified atom stereocenters. The van der Waals surface area contributed by atoms with E-state index in [0.717, 1.165) is 48.6 Å². The van der Waals surface area contributed by atoms with Gasteiger partial charge in [0.1, 0.15) is 11.6 Å². The van der Waals surface area contributed by atoms with Gasteiger partial charge >= 0.3 is 0 Å². The van der Waals surface area contributed by atoms with Gasteiger partial charge in [0.05, 0.1) is 20.3 Å². The molecule has 0 amide bonds. The summed E-state index contributed by atoms with van der Waals surface area (Å²) in [5.41, 5.74) is 0. The van der Waals surface area contributed by atoms with Gasteiger partial charge in [-0.3, -0.25) is 0 Å². The van der Waals surface area contributed by atoms with Crippen LogP contribution >= 0.6 is 0 Å². The number of nitrogens with one attached hydrogen (secondary N) is 2. The van der Waals surface area contributed by atoms with Gasteiger partial charge in [0, 0.05) is 30.7 Å². The second-order valence-corrected chi connectivity index (χ2v) is 4.85. The maximum Gasteiger partial charge on any atom is 0.133 e. The minimum Gasteiger partial charge on any atom is -0.497 e. The van der Waals surface area contributed by atoms with Crippen LogP contribution in [0.3, 0.4) is 0 Å². The smallest absolute Gasteiger partial charge is 0.133 e. The number of fused-ring (bicyclic) bond motifs is 1. The van der Waals surface area contributed by atoms with Gasteiger partial charge in [-0.05, 0) is 29.7 Å². The highest BCUT2D eigenvalue weighted by Crippen LogP contribution is 2.25. The van der Waals surface area contributed by atoms with Gasteiger partial charge in [0.2, 0.25) is 0 Å². The minimum absolute atomic E-state index is 0.332. The van der Waals surface area contributed by atoms with Crippen LogP contribution in [0.1, 0.15) is 0 Å². The Morgan fingerprint density at radius 2 is 2.40 bits per heavy atom. The summed E-state index contributed by atoms with van der Waals surface area (Å²) in [5, 5.41) is 9.04. The lowest BCUT2D eigenvalue weighted by atomic mass is 10.1. The molecule has 0 aliphatic carbocycles. The zero-order valence-electron chi connectivity index (χ0n) is 11.6. The molecule has 0 spiro atoms. The van der Waals surface area contributed by atoms with Crippen molar-refractivity contribution in [2.45, 2.75) is 6.04 Å². The van der Waals surface area contributed by atoms with Gasteiger partial charge in [-0.2, -0.15) is 0 Å². The molecule has 1 atom stereocenters. The first-order valence-corrected chi connectivity index (χ1v) is 6.84. The van der Waals surface area contributed by atoms with Gasteiger partial charge in [0.15, 0.2) is 0 Å². The van der Waals surface area contributed by atoms with E-state index >= 15 is 0 Å². The van der Waals surface area contributed by atoms with E-state index in [-0.39, 0.29) is 0 Å². The summed E-state index contributed by atoms with van der Waals surface area (Å²) in [6.07, 6.45) is 1.81. The van der Waals surface area contributed by atoms with Crippen LogP contribution in [0.4, 0.5) is 5.82 Å². The van der Waals surface area contributed by atoms with E-state index in [2.05, 4.69) is 15.6 Å². The van der Waals surface area contributed by atoms with Crippen LogP contribution in [0.15, 0.2) is 30.5 Å². The van der Waals surface area contributed by atoms with E-state index in [1.54, 1.807) is 7.11 Å². The summed E-state index contributed by atoms with van der Waals surface area (Å²) >= 11 is 0. The quantitative estimate of drug-likeness (QED) is 0.887. The lowest BCUT2D eigenvalue weighted by molar-refractivity contribution is 0.0806. The fourth-order valence-corrected chi connectivity index (χ4v) is 2.39. The first-order chi connectivity index (χ1) is 9.86. The second kappa shape index (κ2) is 6.07. The van der Waals surface area contributed by atoms with E-state index in [4.69, 9.17) is 9.47 Å². The van der Waals surface area contributed by atoms with Crippen LogP contribution < -0.4 is 15.4 Å². The third kappa shape index (κ3) is 2.84. The predicted octanol–water partition coefficient (Wildman–Crippen LogP) is 1.64. The molecule has 1 fully saturated rings. The lowest BCUT2D eigenvalue weighted by Crippen LogP contribution is -2.45. The molecule has 1 saturated heterocycles. The Hall–Kier alpha value is -1.85. The Labute approximate surface area is 118 Å². The number of benzene rings is 1. The molecule has 1 aromatic heterocycles. The molecule has 0 bridgehead atoms. The Morgan fingerprint density at radius 3 is 3.20 bits per heavy atom. The van der Waals surface area contributed by atoms with Gasteiger partial charge in [-0.15, -0.1) is 0 Å². The average molecular weight is 273 g/mol. The van der Waals surface area contributed by atoms with Gasteiger partial charge in [-0.1, -0.05) is 0 Å². The topological polar surface area (TPSA) is 55.4 Å². The fraction of sp³-hybridized carbons (Fsp3) is 0.400. The third-order valence-corrected chi connectivity index (χ3v) is 3.49. The van der Waals surface area contributed by atoms with E-state index in [0.29, 0.717) is 6.04 Å². The monoisotopic (exact) mass is 273 g/mol. The van der Waals surface area contributed by atoms with Crippen molar-refractivity contribution >= 4 is 16.6 Å². The van der Waals surface area contributed by atoms with Gasteiger partial charge in [-0.25, -0.2) is 4.98 Å². The minimum atomic E-state index is 0.332. The Kier molecular flexibility index (Phi) is 3.99. The summed E-state index contributed by atoms with van der Waals surface area (Å²) in [7, 11) is 1.68. The van der Waals surface area contributed by atoms with Crippen molar-refractivity contribution in [1.29, 1.82) is 0 Å². The summed E-state index contributed by atoms with van der Waals surface area (Å²) < 4.78 is 10.7. The van der Waals surface area contributed by atoms with E-state index in [1.807, 2.05) is 30.5 Å². The molecule has 1 aliphatic heterocycles. The number of pyridine rings is 1.